The van der Waals surface area contributed by atoms with Gasteiger partial charge in [-0.25, -0.2) is 0 Å². The van der Waals surface area contributed by atoms with Crippen LogP contribution in [0, 0.1) is 5.92 Å². The van der Waals surface area contributed by atoms with Crippen LogP contribution in [0.3, 0.4) is 0 Å². The Hall–Kier alpha value is -1.75. The Kier molecular flexibility index (Phi) is 4.96. The SMILES string of the molecule is CC1CCC(OC(=O)CN2C(=O)C(C)(C)Oc3ccc(Cl)cc32)CC1. The minimum absolute atomic E-state index is 0.0494. The predicted molar refractivity (Wildman–Crippen MR) is 96.0 cm³/mol. The van der Waals surface area contributed by atoms with Gasteiger partial charge in [0.15, 0.2) is 5.60 Å². The molecule has 1 aromatic rings. The number of rotatable bonds is 3. The van der Waals surface area contributed by atoms with Crippen LogP contribution in [0.1, 0.15) is 46.5 Å². The summed E-state index contributed by atoms with van der Waals surface area (Å²) in [5, 5.41) is 0.481. The lowest BCUT2D eigenvalue weighted by atomic mass is 9.89. The maximum Gasteiger partial charge on any atom is 0.326 e. The van der Waals surface area contributed by atoms with E-state index < -0.39 is 11.6 Å². The molecule has 0 saturated heterocycles. The molecule has 0 atom stereocenters. The van der Waals surface area contributed by atoms with Gasteiger partial charge in [0.05, 0.1) is 5.69 Å². The first-order valence-corrected chi connectivity index (χ1v) is 9.14. The van der Waals surface area contributed by atoms with Crippen LogP contribution >= 0.6 is 11.6 Å². The molecule has 1 aromatic carbocycles. The van der Waals surface area contributed by atoms with E-state index in [2.05, 4.69) is 6.92 Å². The number of ether oxygens (including phenoxy) is 2. The molecular formula is C19H24ClNO4. The first-order chi connectivity index (χ1) is 11.8. The van der Waals surface area contributed by atoms with Crippen molar-refractivity contribution < 1.29 is 19.1 Å². The van der Waals surface area contributed by atoms with Crippen molar-refractivity contribution in [3.8, 4) is 5.75 Å². The van der Waals surface area contributed by atoms with E-state index in [1.165, 1.54) is 4.90 Å². The van der Waals surface area contributed by atoms with E-state index in [1.807, 2.05) is 0 Å². The molecule has 0 N–H and O–H groups in total. The number of carbonyl (C=O) groups is 2. The minimum atomic E-state index is -1.04. The normalized spacial score (nSPS) is 25.1. The van der Waals surface area contributed by atoms with E-state index in [-0.39, 0.29) is 18.6 Å². The van der Waals surface area contributed by atoms with Crippen molar-refractivity contribution in [3.05, 3.63) is 23.2 Å². The third-order valence-corrected chi connectivity index (χ3v) is 5.12. The fourth-order valence-electron chi connectivity index (χ4n) is 3.40. The monoisotopic (exact) mass is 365 g/mol. The second-order valence-electron chi connectivity index (χ2n) is 7.49. The van der Waals surface area contributed by atoms with Gasteiger partial charge in [-0.15, -0.1) is 0 Å². The standard InChI is InChI=1S/C19H24ClNO4/c1-12-4-7-14(8-5-12)24-17(22)11-21-15-10-13(20)6-9-16(15)25-19(2,3)18(21)23/h6,9-10,12,14H,4-5,7-8,11H2,1-3H3. The molecule has 136 valence electrons. The Morgan fingerprint density at radius 3 is 2.68 bits per heavy atom. The van der Waals surface area contributed by atoms with Crippen molar-refractivity contribution in [1.82, 2.24) is 0 Å². The van der Waals surface area contributed by atoms with Gasteiger partial charge < -0.3 is 9.47 Å². The number of hydrogen-bond acceptors (Lipinski definition) is 4. The lowest BCUT2D eigenvalue weighted by Crippen LogP contribution is -2.54. The molecule has 1 saturated carbocycles. The molecule has 5 nitrogen and oxygen atoms in total. The summed E-state index contributed by atoms with van der Waals surface area (Å²) in [6, 6.07) is 5.05. The van der Waals surface area contributed by atoms with Crippen LogP contribution in [0.5, 0.6) is 5.75 Å². The van der Waals surface area contributed by atoms with Crippen LogP contribution in [-0.4, -0.2) is 30.1 Å². The van der Waals surface area contributed by atoms with Crippen LogP contribution in [0.4, 0.5) is 5.69 Å². The van der Waals surface area contributed by atoms with Crippen molar-refractivity contribution >= 4 is 29.2 Å². The zero-order valence-corrected chi connectivity index (χ0v) is 15.6. The van der Waals surface area contributed by atoms with Gasteiger partial charge in [0.2, 0.25) is 0 Å². The second kappa shape index (κ2) is 6.87. The Labute approximate surface area is 153 Å². The molecule has 3 rings (SSSR count). The predicted octanol–water partition coefficient (Wildman–Crippen LogP) is 3.97. The Balaban J connectivity index is 1.75. The molecule has 1 amide bonds. The number of esters is 1. The van der Waals surface area contributed by atoms with Gasteiger partial charge in [-0.05, 0) is 63.6 Å². The number of nitrogens with zero attached hydrogens (tertiary/aromatic N) is 1. The van der Waals surface area contributed by atoms with E-state index in [0.29, 0.717) is 22.4 Å². The van der Waals surface area contributed by atoms with Crippen molar-refractivity contribution in [1.29, 1.82) is 0 Å². The van der Waals surface area contributed by atoms with Crippen LogP contribution in [0.2, 0.25) is 5.02 Å². The lowest BCUT2D eigenvalue weighted by Gasteiger charge is -2.38. The van der Waals surface area contributed by atoms with Crippen LogP contribution in [-0.2, 0) is 14.3 Å². The average molecular weight is 366 g/mol. The topological polar surface area (TPSA) is 55.8 Å². The Bertz CT molecular complexity index is 680. The summed E-state index contributed by atoms with van der Waals surface area (Å²) in [5.41, 5.74) is -0.535. The summed E-state index contributed by atoms with van der Waals surface area (Å²) in [6.07, 6.45) is 3.86. The number of anilines is 1. The Morgan fingerprint density at radius 1 is 1.32 bits per heavy atom. The molecular weight excluding hydrogens is 342 g/mol. The van der Waals surface area contributed by atoms with E-state index in [1.54, 1.807) is 32.0 Å². The molecule has 1 fully saturated rings. The van der Waals surface area contributed by atoms with Gasteiger partial charge in [0, 0.05) is 5.02 Å². The van der Waals surface area contributed by atoms with Gasteiger partial charge in [-0.2, -0.15) is 0 Å². The summed E-state index contributed by atoms with van der Waals surface area (Å²) in [7, 11) is 0. The maximum absolute atomic E-state index is 12.7. The van der Waals surface area contributed by atoms with E-state index in [4.69, 9.17) is 21.1 Å². The number of fused-ring (bicyclic) bond motifs is 1. The molecule has 0 spiro atoms. The largest absolute Gasteiger partial charge is 0.476 e. The van der Waals surface area contributed by atoms with Crippen LogP contribution in [0.25, 0.3) is 0 Å². The van der Waals surface area contributed by atoms with Gasteiger partial charge in [0.1, 0.15) is 18.4 Å². The highest BCUT2D eigenvalue weighted by molar-refractivity contribution is 6.31. The highest BCUT2D eigenvalue weighted by Crippen LogP contribution is 2.39. The molecule has 1 heterocycles. The van der Waals surface area contributed by atoms with Crippen molar-refractivity contribution in [2.75, 3.05) is 11.4 Å². The first kappa shape index (κ1) is 18.1. The molecule has 0 unspecified atom stereocenters. The molecule has 2 aliphatic rings. The van der Waals surface area contributed by atoms with Crippen LogP contribution in [0.15, 0.2) is 18.2 Å². The van der Waals surface area contributed by atoms with Gasteiger partial charge in [-0.1, -0.05) is 18.5 Å². The quantitative estimate of drug-likeness (QED) is 0.760. The number of halogens is 1. The van der Waals surface area contributed by atoms with Gasteiger partial charge in [0.25, 0.3) is 5.91 Å². The van der Waals surface area contributed by atoms with E-state index in [9.17, 15) is 9.59 Å². The van der Waals surface area contributed by atoms with Crippen molar-refractivity contribution in [2.45, 2.75) is 58.2 Å². The summed E-state index contributed by atoms with van der Waals surface area (Å²) in [6.45, 7) is 5.46. The molecule has 25 heavy (non-hydrogen) atoms. The van der Waals surface area contributed by atoms with Crippen LogP contribution < -0.4 is 9.64 Å². The smallest absolute Gasteiger partial charge is 0.326 e. The number of carbonyl (C=O) groups excluding carboxylic acids is 2. The molecule has 0 aromatic heterocycles. The zero-order chi connectivity index (χ0) is 18.2. The highest BCUT2D eigenvalue weighted by atomic mass is 35.5. The summed E-state index contributed by atoms with van der Waals surface area (Å²) < 4.78 is 11.4. The summed E-state index contributed by atoms with van der Waals surface area (Å²) in [5.74, 6) is 0.548. The second-order valence-corrected chi connectivity index (χ2v) is 7.92. The molecule has 0 bridgehead atoms. The number of amides is 1. The number of benzene rings is 1. The zero-order valence-electron chi connectivity index (χ0n) is 14.9. The fourth-order valence-corrected chi connectivity index (χ4v) is 3.56. The molecule has 1 aliphatic carbocycles. The maximum atomic E-state index is 12.7. The van der Waals surface area contributed by atoms with Crippen molar-refractivity contribution in [3.63, 3.8) is 0 Å². The average Bonchev–Trinajstić information content (AvgIpc) is 2.55. The first-order valence-electron chi connectivity index (χ1n) is 8.76. The fraction of sp³-hybridized carbons (Fsp3) is 0.579. The van der Waals surface area contributed by atoms with E-state index in [0.717, 1.165) is 25.7 Å². The third-order valence-electron chi connectivity index (χ3n) is 4.89. The third kappa shape index (κ3) is 3.92. The molecule has 1 aliphatic heterocycles. The summed E-state index contributed by atoms with van der Waals surface area (Å²) in [4.78, 5) is 26.6. The lowest BCUT2D eigenvalue weighted by molar-refractivity contribution is -0.150. The van der Waals surface area contributed by atoms with Crippen molar-refractivity contribution in [2.24, 2.45) is 5.92 Å². The summed E-state index contributed by atoms with van der Waals surface area (Å²) >= 11 is 6.06. The Morgan fingerprint density at radius 2 is 2.00 bits per heavy atom. The number of hydrogen-bond donors (Lipinski definition) is 0. The van der Waals surface area contributed by atoms with E-state index >= 15 is 0 Å². The minimum Gasteiger partial charge on any atom is -0.476 e. The highest BCUT2D eigenvalue weighted by Gasteiger charge is 2.42. The molecule has 6 heteroatoms. The van der Waals surface area contributed by atoms with Gasteiger partial charge >= 0.3 is 5.97 Å². The molecule has 0 radical (unpaired) electrons. The van der Waals surface area contributed by atoms with Gasteiger partial charge in [-0.3, -0.25) is 14.5 Å².